The van der Waals surface area contributed by atoms with Crippen molar-refractivity contribution < 1.29 is 22.2 Å². The fourth-order valence-corrected chi connectivity index (χ4v) is 4.39. The van der Waals surface area contributed by atoms with Crippen LogP contribution in [0.15, 0.2) is 52.8 Å². The fraction of sp³-hybridized carbons (Fsp3) is 0.0625. The van der Waals surface area contributed by atoms with Gasteiger partial charge in [0.25, 0.3) is 0 Å². The average molecular weight is 474 g/mol. The van der Waals surface area contributed by atoms with E-state index in [0.717, 1.165) is 8.96 Å². The zero-order valence-corrected chi connectivity index (χ0v) is 16.0. The quantitative estimate of drug-likeness (QED) is 0.574. The third-order valence-corrected chi connectivity index (χ3v) is 5.60. The number of nitrogens with zero attached hydrogens (tertiary/aromatic N) is 2. The second-order valence-corrected chi connectivity index (χ2v) is 7.26. The van der Waals surface area contributed by atoms with E-state index in [1.807, 2.05) is 0 Å². The van der Waals surface area contributed by atoms with Crippen LogP contribution >= 0.6 is 31.9 Å². The minimum Gasteiger partial charge on any atom is -0.494 e. The summed E-state index contributed by atoms with van der Waals surface area (Å²) in [5, 5.41) is 0. The van der Waals surface area contributed by atoms with E-state index in [2.05, 4.69) is 31.9 Å². The average Bonchev–Trinajstić information content (AvgIpc) is 3.13. The lowest BCUT2D eigenvalue weighted by molar-refractivity contribution is -0.358. The molecule has 0 N–H and O–H groups in total. The molecule has 25 heavy (non-hydrogen) atoms. The first-order valence-corrected chi connectivity index (χ1v) is 8.92. The van der Waals surface area contributed by atoms with E-state index in [9.17, 15) is 4.39 Å². The second-order valence-electron chi connectivity index (χ2n) is 5.64. The summed E-state index contributed by atoms with van der Waals surface area (Å²) in [6.45, 7) is -4.08. The van der Waals surface area contributed by atoms with Gasteiger partial charge in [-0.15, -0.1) is 0 Å². The molecule has 0 unspecified atom stereocenters. The molecule has 0 aliphatic carbocycles. The Labute approximate surface area is 158 Å². The largest absolute Gasteiger partial charge is 0.738 e. The van der Waals surface area contributed by atoms with Crippen LogP contribution in [0.1, 0.15) is 11.3 Å². The molecule has 3 nitrogen and oxygen atoms in total. The zero-order chi connectivity index (χ0) is 17.9. The third kappa shape index (κ3) is 2.28. The van der Waals surface area contributed by atoms with Gasteiger partial charge in [0.15, 0.2) is 17.3 Å². The number of methoxy groups -OCH3 is 1. The Kier molecular flexibility index (Phi) is 3.77. The summed E-state index contributed by atoms with van der Waals surface area (Å²) in [5.74, 6) is -0.451. The molecule has 2 aromatic rings. The molecule has 0 radical (unpaired) electrons. The van der Waals surface area contributed by atoms with Crippen molar-refractivity contribution in [3.8, 4) is 5.75 Å². The van der Waals surface area contributed by atoms with Gasteiger partial charge in [-0.1, -0.05) is 6.07 Å². The maximum absolute atomic E-state index is 15.1. The molecule has 0 bridgehead atoms. The standard InChI is InChI=1S/C16H10BBr2F3N2O/c1-25-13-5-2-9(8-10(13)20)16-11-3-6-14(18)23(11)17(21,22)24-12(16)4-7-15(24)19/h2-8H,1H3. The topological polar surface area (TPSA) is 17.2 Å². The lowest BCUT2D eigenvalue weighted by atomic mass is 9.86. The predicted octanol–water partition coefficient (Wildman–Crippen LogP) is 4.77. The molecular formula is C16H10BBr2F3N2O. The van der Waals surface area contributed by atoms with Crippen molar-refractivity contribution in [1.82, 2.24) is 4.48 Å². The van der Waals surface area contributed by atoms with Crippen LogP contribution in [0.4, 0.5) is 13.0 Å². The molecule has 1 aromatic carbocycles. The van der Waals surface area contributed by atoms with Gasteiger partial charge in [-0.25, -0.2) is 4.39 Å². The Bertz CT molecular complexity index is 1010. The molecule has 4 rings (SSSR count). The van der Waals surface area contributed by atoms with Crippen molar-refractivity contribution in [3.05, 3.63) is 69.9 Å². The molecule has 0 saturated carbocycles. The van der Waals surface area contributed by atoms with Gasteiger partial charge in [0.1, 0.15) is 0 Å². The van der Waals surface area contributed by atoms with E-state index >= 15 is 8.63 Å². The molecule has 2 aliphatic heterocycles. The van der Waals surface area contributed by atoms with Crippen molar-refractivity contribution in [2.75, 3.05) is 7.11 Å². The third-order valence-electron chi connectivity index (χ3n) is 4.31. The highest BCUT2D eigenvalue weighted by Crippen LogP contribution is 2.42. The number of rotatable bonds is 2. The maximum atomic E-state index is 15.1. The number of ether oxygens (including phenoxy) is 1. The molecule has 128 valence electrons. The van der Waals surface area contributed by atoms with Crippen LogP contribution in [0, 0.1) is 5.82 Å². The fourth-order valence-electron chi connectivity index (χ4n) is 3.25. The summed E-state index contributed by atoms with van der Waals surface area (Å²) in [5.41, 5.74) is 1.65. The molecule has 1 aromatic heterocycles. The highest BCUT2D eigenvalue weighted by Gasteiger charge is 2.54. The van der Waals surface area contributed by atoms with E-state index in [0.29, 0.717) is 22.5 Å². The van der Waals surface area contributed by atoms with Crippen LogP contribution < -0.4 is 4.74 Å². The lowest BCUT2D eigenvalue weighted by Crippen LogP contribution is -2.50. The van der Waals surface area contributed by atoms with Gasteiger partial charge in [0, 0.05) is 33.8 Å². The van der Waals surface area contributed by atoms with E-state index in [1.54, 1.807) is 30.4 Å². The number of aromatic nitrogens is 1. The first kappa shape index (κ1) is 16.7. The molecule has 0 saturated heterocycles. The van der Waals surface area contributed by atoms with Crippen LogP contribution in [0.3, 0.4) is 0 Å². The van der Waals surface area contributed by atoms with Gasteiger partial charge >= 0.3 is 6.97 Å². The number of halogens is 5. The number of benzene rings is 1. The summed E-state index contributed by atoms with van der Waals surface area (Å²) in [6.07, 6.45) is 3.16. The zero-order valence-electron chi connectivity index (χ0n) is 12.8. The van der Waals surface area contributed by atoms with Crippen molar-refractivity contribution in [2.24, 2.45) is 0 Å². The number of hydrogen-bond acceptors (Lipinski definition) is 1. The van der Waals surface area contributed by atoms with E-state index in [1.165, 1.54) is 19.2 Å². The molecule has 2 aliphatic rings. The minimum absolute atomic E-state index is 0.0998. The SMILES string of the molecule is COc1ccc(C2=C3C=CC(Br)=[N+]3[B-](F)(F)n3c(Br)ccc32)cc1F. The molecule has 0 amide bonds. The van der Waals surface area contributed by atoms with Crippen LogP contribution in [-0.4, -0.2) is 27.7 Å². The minimum atomic E-state index is -4.08. The Balaban J connectivity index is 2.06. The van der Waals surface area contributed by atoms with Crippen LogP contribution in [0.2, 0.25) is 0 Å². The highest BCUT2D eigenvalue weighted by molar-refractivity contribution is 9.18. The predicted molar refractivity (Wildman–Crippen MR) is 97.8 cm³/mol. The summed E-state index contributed by atoms with van der Waals surface area (Å²) in [6, 6.07) is 7.60. The number of allylic oxidation sites excluding steroid dienone is 2. The molecule has 3 heterocycles. The van der Waals surface area contributed by atoms with Crippen LogP contribution in [0.5, 0.6) is 5.75 Å². The second kappa shape index (κ2) is 5.64. The number of fused-ring (bicyclic) bond motifs is 2. The van der Waals surface area contributed by atoms with Gasteiger partial charge in [0.2, 0.25) is 4.62 Å². The van der Waals surface area contributed by atoms with Crippen molar-refractivity contribution in [3.63, 3.8) is 0 Å². The summed E-state index contributed by atoms with van der Waals surface area (Å²) in [4.78, 5) is 0. The van der Waals surface area contributed by atoms with E-state index < -0.39 is 12.8 Å². The highest BCUT2D eigenvalue weighted by atomic mass is 79.9. The first-order chi connectivity index (χ1) is 11.9. The Morgan fingerprint density at radius 1 is 1.12 bits per heavy atom. The maximum Gasteiger partial charge on any atom is 0.738 e. The monoisotopic (exact) mass is 472 g/mol. The normalized spacial score (nSPS) is 17.8. The van der Waals surface area contributed by atoms with Gasteiger partial charge in [-0.05, 0) is 45.8 Å². The van der Waals surface area contributed by atoms with Gasteiger partial charge < -0.3 is 22.3 Å². The van der Waals surface area contributed by atoms with Crippen LogP contribution in [-0.2, 0) is 0 Å². The van der Waals surface area contributed by atoms with Crippen molar-refractivity contribution in [2.45, 2.75) is 0 Å². The summed E-state index contributed by atoms with van der Waals surface area (Å²) < 4.78 is 51.7. The molecule has 0 spiro atoms. The van der Waals surface area contributed by atoms with Crippen LogP contribution in [0.25, 0.3) is 5.57 Å². The van der Waals surface area contributed by atoms with Gasteiger partial charge in [0.05, 0.1) is 17.3 Å². The molecule has 9 heteroatoms. The smallest absolute Gasteiger partial charge is 0.494 e. The Hall–Kier alpha value is -1.74. The van der Waals surface area contributed by atoms with E-state index in [4.69, 9.17) is 4.74 Å². The number of hydrogen-bond donors (Lipinski definition) is 0. The Morgan fingerprint density at radius 3 is 2.56 bits per heavy atom. The summed E-state index contributed by atoms with van der Waals surface area (Å²) >= 11 is 6.38. The molecule has 0 atom stereocenters. The molecular weight excluding hydrogens is 464 g/mol. The van der Waals surface area contributed by atoms with Gasteiger partial charge in [-0.2, -0.15) is 0 Å². The van der Waals surface area contributed by atoms with Crippen molar-refractivity contribution in [1.29, 1.82) is 0 Å². The Morgan fingerprint density at radius 2 is 1.88 bits per heavy atom. The van der Waals surface area contributed by atoms with Crippen molar-refractivity contribution >= 4 is 49.0 Å². The lowest BCUT2D eigenvalue weighted by Gasteiger charge is -2.32. The van der Waals surface area contributed by atoms with E-state index in [-0.39, 0.29) is 15.0 Å². The molecule has 0 fully saturated rings. The first-order valence-electron chi connectivity index (χ1n) is 7.34. The van der Waals surface area contributed by atoms with Gasteiger partial charge in [-0.3, -0.25) is 0 Å². The summed E-state index contributed by atoms with van der Waals surface area (Å²) in [7, 11) is 1.37.